The molecule has 0 aliphatic carbocycles. The number of phenols is 2. The van der Waals surface area contributed by atoms with E-state index in [4.69, 9.17) is 4.74 Å². The van der Waals surface area contributed by atoms with Gasteiger partial charge in [-0.15, -0.1) is 0 Å². The van der Waals surface area contributed by atoms with Crippen molar-refractivity contribution in [3.05, 3.63) is 23.8 Å². The van der Waals surface area contributed by atoms with Crippen molar-refractivity contribution in [2.75, 3.05) is 20.3 Å². The van der Waals surface area contributed by atoms with Gasteiger partial charge in [-0.2, -0.15) is 0 Å². The van der Waals surface area contributed by atoms with E-state index in [1.165, 1.54) is 12.1 Å². The van der Waals surface area contributed by atoms with Gasteiger partial charge in [-0.05, 0) is 31.0 Å². The standard InChI is InChI=1S/C13H21NO4/c1-9(5-6-18-2)14-8-13(17)10-3-4-11(15)12(16)7-10/h3-4,7,9,13-17H,5-6,8H2,1-2H3/t9?,13-/m0/s1. The van der Waals surface area contributed by atoms with Gasteiger partial charge in [0, 0.05) is 26.3 Å². The maximum atomic E-state index is 9.92. The summed E-state index contributed by atoms with van der Waals surface area (Å²) in [6.45, 7) is 3.07. The van der Waals surface area contributed by atoms with Gasteiger partial charge in [0.2, 0.25) is 0 Å². The molecule has 1 rings (SSSR count). The summed E-state index contributed by atoms with van der Waals surface area (Å²) in [6.07, 6.45) is 0.144. The normalized spacial score (nSPS) is 14.4. The second-order valence-electron chi connectivity index (χ2n) is 4.35. The molecular formula is C13H21NO4. The smallest absolute Gasteiger partial charge is 0.157 e. The van der Waals surface area contributed by atoms with Gasteiger partial charge in [-0.1, -0.05) is 6.07 Å². The summed E-state index contributed by atoms with van der Waals surface area (Å²) in [5.74, 6) is -0.411. The number of rotatable bonds is 7. The second-order valence-corrected chi connectivity index (χ2v) is 4.35. The third-order valence-corrected chi connectivity index (χ3v) is 2.80. The molecule has 0 aliphatic heterocycles. The molecule has 1 aromatic rings. The highest BCUT2D eigenvalue weighted by Gasteiger charge is 2.11. The Kier molecular flexibility index (Phi) is 5.91. The molecule has 0 aromatic heterocycles. The molecule has 1 aromatic carbocycles. The predicted octanol–water partition coefficient (Wildman–Crippen LogP) is 1.15. The van der Waals surface area contributed by atoms with Gasteiger partial charge >= 0.3 is 0 Å². The number of benzene rings is 1. The lowest BCUT2D eigenvalue weighted by atomic mass is 10.1. The first-order valence-electron chi connectivity index (χ1n) is 5.97. The van der Waals surface area contributed by atoms with Crippen molar-refractivity contribution in [2.45, 2.75) is 25.5 Å². The van der Waals surface area contributed by atoms with Crippen LogP contribution in [0.4, 0.5) is 0 Å². The zero-order valence-electron chi connectivity index (χ0n) is 10.8. The predicted molar refractivity (Wildman–Crippen MR) is 68.7 cm³/mol. The highest BCUT2D eigenvalue weighted by atomic mass is 16.5. The Balaban J connectivity index is 2.44. The molecule has 0 saturated carbocycles. The van der Waals surface area contributed by atoms with Crippen molar-refractivity contribution in [1.82, 2.24) is 5.32 Å². The largest absolute Gasteiger partial charge is 0.504 e. The van der Waals surface area contributed by atoms with Gasteiger partial charge in [0.15, 0.2) is 11.5 Å². The van der Waals surface area contributed by atoms with E-state index in [9.17, 15) is 15.3 Å². The number of aromatic hydroxyl groups is 2. The lowest BCUT2D eigenvalue weighted by Gasteiger charge is -2.17. The summed E-state index contributed by atoms with van der Waals surface area (Å²) >= 11 is 0. The molecule has 0 bridgehead atoms. The molecule has 0 amide bonds. The van der Waals surface area contributed by atoms with Crippen LogP contribution < -0.4 is 5.32 Å². The third kappa shape index (κ3) is 4.52. The third-order valence-electron chi connectivity index (χ3n) is 2.80. The molecular weight excluding hydrogens is 234 g/mol. The highest BCUT2D eigenvalue weighted by Crippen LogP contribution is 2.27. The first-order chi connectivity index (χ1) is 8.54. The molecule has 2 atom stereocenters. The molecule has 5 heteroatoms. The summed E-state index contributed by atoms with van der Waals surface area (Å²) < 4.78 is 4.97. The van der Waals surface area contributed by atoms with Gasteiger partial charge in [0.1, 0.15) is 0 Å². The van der Waals surface area contributed by atoms with E-state index >= 15 is 0 Å². The van der Waals surface area contributed by atoms with E-state index in [0.717, 1.165) is 6.42 Å². The fraction of sp³-hybridized carbons (Fsp3) is 0.538. The molecule has 0 spiro atoms. The maximum absolute atomic E-state index is 9.92. The van der Waals surface area contributed by atoms with Crippen LogP contribution in [-0.4, -0.2) is 41.6 Å². The Bertz CT molecular complexity index is 370. The Hall–Kier alpha value is -1.30. The molecule has 0 saturated heterocycles. The first kappa shape index (κ1) is 14.8. The van der Waals surface area contributed by atoms with Crippen LogP contribution in [0.25, 0.3) is 0 Å². The fourth-order valence-electron chi connectivity index (χ4n) is 1.58. The average molecular weight is 255 g/mol. The fourth-order valence-corrected chi connectivity index (χ4v) is 1.58. The molecule has 0 heterocycles. The molecule has 5 nitrogen and oxygen atoms in total. The van der Waals surface area contributed by atoms with Crippen LogP contribution in [0.1, 0.15) is 25.0 Å². The van der Waals surface area contributed by atoms with Crippen LogP contribution in [0.2, 0.25) is 0 Å². The Morgan fingerprint density at radius 3 is 2.61 bits per heavy atom. The number of methoxy groups -OCH3 is 1. The molecule has 4 N–H and O–H groups in total. The summed E-state index contributed by atoms with van der Waals surface area (Å²) in [4.78, 5) is 0. The summed E-state index contributed by atoms with van der Waals surface area (Å²) in [5.41, 5.74) is 0.566. The quantitative estimate of drug-likeness (QED) is 0.549. The molecule has 1 unspecified atom stereocenters. The van der Waals surface area contributed by atoms with Gasteiger partial charge in [0.05, 0.1) is 6.10 Å². The van der Waals surface area contributed by atoms with Crippen molar-refractivity contribution in [1.29, 1.82) is 0 Å². The van der Waals surface area contributed by atoms with E-state index in [-0.39, 0.29) is 17.5 Å². The van der Waals surface area contributed by atoms with Crippen LogP contribution >= 0.6 is 0 Å². The molecule has 0 aliphatic rings. The topological polar surface area (TPSA) is 82.0 Å². The van der Waals surface area contributed by atoms with Crippen LogP contribution in [-0.2, 0) is 4.74 Å². The average Bonchev–Trinajstić information content (AvgIpc) is 2.36. The summed E-state index contributed by atoms with van der Waals surface area (Å²) in [5, 5.41) is 31.6. The van der Waals surface area contributed by atoms with E-state index in [0.29, 0.717) is 18.7 Å². The van der Waals surface area contributed by atoms with Gasteiger partial charge in [0.25, 0.3) is 0 Å². The number of ether oxygens (including phenoxy) is 1. The zero-order chi connectivity index (χ0) is 13.5. The number of phenolic OH excluding ortho intramolecular Hbond substituents is 2. The van der Waals surface area contributed by atoms with Gasteiger partial charge in [-0.3, -0.25) is 0 Å². The van der Waals surface area contributed by atoms with Gasteiger partial charge in [-0.25, -0.2) is 0 Å². The Morgan fingerprint density at radius 2 is 2.00 bits per heavy atom. The van der Waals surface area contributed by atoms with Gasteiger partial charge < -0.3 is 25.4 Å². The molecule has 18 heavy (non-hydrogen) atoms. The Labute approximate surface area is 107 Å². The van der Waals surface area contributed by atoms with Crippen LogP contribution in [0.5, 0.6) is 11.5 Å². The SMILES string of the molecule is COCCC(C)NC[C@H](O)c1ccc(O)c(O)c1. The summed E-state index contributed by atoms with van der Waals surface area (Å²) in [6, 6.07) is 4.55. The summed E-state index contributed by atoms with van der Waals surface area (Å²) in [7, 11) is 1.65. The lowest BCUT2D eigenvalue weighted by Crippen LogP contribution is -2.31. The van der Waals surface area contributed by atoms with Crippen LogP contribution in [0, 0.1) is 0 Å². The van der Waals surface area contributed by atoms with Crippen LogP contribution in [0.15, 0.2) is 18.2 Å². The van der Waals surface area contributed by atoms with Crippen molar-refractivity contribution in [3.8, 4) is 11.5 Å². The maximum Gasteiger partial charge on any atom is 0.157 e. The van der Waals surface area contributed by atoms with E-state index < -0.39 is 6.10 Å². The Morgan fingerprint density at radius 1 is 1.28 bits per heavy atom. The minimum atomic E-state index is -0.721. The number of nitrogens with one attached hydrogen (secondary N) is 1. The number of hydrogen-bond acceptors (Lipinski definition) is 5. The highest BCUT2D eigenvalue weighted by molar-refractivity contribution is 5.41. The monoisotopic (exact) mass is 255 g/mol. The number of aliphatic hydroxyl groups is 1. The minimum Gasteiger partial charge on any atom is -0.504 e. The number of hydrogen-bond donors (Lipinski definition) is 4. The zero-order valence-corrected chi connectivity index (χ0v) is 10.8. The second kappa shape index (κ2) is 7.20. The van der Waals surface area contributed by atoms with E-state index in [2.05, 4.69) is 5.32 Å². The van der Waals surface area contributed by atoms with Crippen molar-refractivity contribution < 1.29 is 20.1 Å². The van der Waals surface area contributed by atoms with Crippen molar-refractivity contribution in [3.63, 3.8) is 0 Å². The van der Waals surface area contributed by atoms with Crippen molar-refractivity contribution in [2.24, 2.45) is 0 Å². The number of aliphatic hydroxyl groups excluding tert-OH is 1. The minimum absolute atomic E-state index is 0.188. The lowest BCUT2D eigenvalue weighted by molar-refractivity contribution is 0.158. The first-order valence-corrected chi connectivity index (χ1v) is 5.97. The molecule has 0 radical (unpaired) electrons. The van der Waals surface area contributed by atoms with E-state index in [1.54, 1.807) is 13.2 Å². The molecule has 102 valence electrons. The van der Waals surface area contributed by atoms with Crippen molar-refractivity contribution >= 4 is 0 Å². The van der Waals surface area contributed by atoms with E-state index in [1.807, 2.05) is 6.92 Å². The van der Waals surface area contributed by atoms with Crippen LogP contribution in [0.3, 0.4) is 0 Å². The molecule has 0 fully saturated rings.